The number of carbonyl (C=O) groups excluding carboxylic acids is 1. The third-order valence-corrected chi connectivity index (χ3v) is 3.63. The molecule has 0 spiro atoms. The highest BCUT2D eigenvalue weighted by Crippen LogP contribution is 2.30. The van der Waals surface area contributed by atoms with E-state index in [0.29, 0.717) is 25.2 Å². The third kappa shape index (κ3) is 3.17. The third-order valence-electron chi connectivity index (χ3n) is 3.63. The molecule has 0 radical (unpaired) electrons. The fourth-order valence-electron chi connectivity index (χ4n) is 2.63. The highest BCUT2D eigenvalue weighted by molar-refractivity contribution is 5.95. The summed E-state index contributed by atoms with van der Waals surface area (Å²) < 4.78 is 27.5. The van der Waals surface area contributed by atoms with Crippen molar-refractivity contribution in [2.45, 2.75) is 26.7 Å². The Morgan fingerprint density at radius 1 is 1.38 bits per heavy atom. The molecule has 2 rings (SSSR count). The molecule has 0 saturated carbocycles. The first-order valence-electron chi connectivity index (χ1n) is 6.64. The minimum atomic E-state index is -1.28. The minimum absolute atomic E-state index is 0.107. The van der Waals surface area contributed by atoms with E-state index in [1.165, 1.54) is 4.90 Å². The van der Waals surface area contributed by atoms with E-state index >= 15 is 0 Å². The summed E-state index contributed by atoms with van der Waals surface area (Å²) in [6.45, 7) is 4.81. The van der Waals surface area contributed by atoms with Crippen molar-refractivity contribution in [3.05, 3.63) is 39.4 Å². The van der Waals surface area contributed by atoms with E-state index < -0.39 is 33.7 Å². The molecule has 5 nitrogen and oxygen atoms in total. The van der Waals surface area contributed by atoms with Gasteiger partial charge in [0.15, 0.2) is 0 Å². The zero-order valence-corrected chi connectivity index (χ0v) is 11.9. The molecule has 0 atom stereocenters. The number of piperidine rings is 1. The Morgan fingerprint density at radius 3 is 2.62 bits per heavy atom. The Balaban J connectivity index is 2.37. The van der Waals surface area contributed by atoms with Gasteiger partial charge in [0, 0.05) is 13.1 Å². The predicted molar refractivity (Wildman–Crippen MR) is 71.9 cm³/mol. The molecule has 21 heavy (non-hydrogen) atoms. The van der Waals surface area contributed by atoms with Crippen LogP contribution in [0.4, 0.5) is 14.5 Å². The van der Waals surface area contributed by atoms with E-state index in [-0.39, 0.29) is 5.41 Å². The first kappa shape index (κ1) is 15.3. The molecule has 1 heterocycles. The maximum Gasteiger partial charge on any atom is 0.308 e. The summed E-state index contributed by atoms with van der Waals surface area (Å²) in [6.07, 6.45) is 1.69. The van der Waals surface area contributed by atoms with E-state index in [9.17, 15) is 23.7 Å². The number of nitrogens with zero attached hydrogens (tertiary/aromatic N) is 2. The molecule has 1 aliphatic heterocycles. The van der Waals surface area contributed by atoms with Gasteiger partial charge in [-0.3, -0.25) is 14.9 Å². The number of benzene rings is 1. The maximum atomic E-state index is 14.0. The van der Waals surface area contributed by atoms with E-state index in [4.69, 9.17) is 0 Å². The van der Waals surface area contributed by atoms with Crippen molar-refractivity contribution in [2.24, 2.45) is 5.41 Å². The molecule has 1 aromatic carbocycles. The fourth-order valence-corrected chi connectivity index (χ4v) is 2.63. The lowest BCUT2D eigenvalue weighted by Gasteiger charge is -2.38. The summed E-state index contributed by atoms with van der Waals surface area (Å²) in [7, 11) is 0. The van der Waals surface area contributed by atoms with Gasteiger partial charge in [-0.15, -0.1) is 0 Å². The second kappa shape index (κ2) is 5.38. The quantitative estimate of drug-likeness (QED) is 0.622. The van der Waals surface area contributed by atoms with E-state index in [0.717, 1.165) is 12.8 Å². The van der Waals surface area contributed by atoms with Gasteiger partial charge in [-0.1, -0.05) is 13.8 Å². The molecule has 1 aromatic rings. The predicted octanol–water partition coefficient (Wildman–Crippen LogP) is 3.14. The van der Waals surface area contributed by atoms with Gasteiger partial charge in [0.05, 0.1) is 16.6 Å². The molecule has 1 aliphatic rings. The summed E-state index contributed by atoms with van der Waals surface area (Å²) in [5.41, 5.74) is -1.71. The SMILES string of the molecule is CC1(C)CCCN(C(=O)c2cc(F)cc([N+](=O)[O-])c2F)C1. The first-order chi connectivity index (χ1) is 9.71. The van der Waals surface area contributed by atoms with Crippen LogP contribution in [-0.2, 0) is 0 Å². The van der Waals surface area contributed by atoms with Gasteiger partial charge in [0.1, 0.15) is 5.82 Å². The van der Waals surface area contributed by atoms with Crippen molar-refractivity contribution < 1.29 is 18.5 Å². The van der Waals surface area contributed by atoms with Crippen LogP contribution in [0.25, 0.3) is 0 Å². The topological polar surface area (TPSA) is 63.5 Å². The Bertz CT molecular complexity index is 602. The summed E-state index contributed by atoms with van der Waals surface area (Å²) in [5, 5.41) is 10.7. The van der Waals surface area contributed by atoms with Crippen LogP contribution in [0, 0.1) is 27.2 Å². The zero-order valence-electron chi connectivity index (χ0n) is 11.9. The van der Waals surface area contributed by atoms with Crippen LogP contribution in [0.2, 0.25) is 0 Å². The smallest absolute Gasteiger partial charge is 0.308 e. The first-order valence-corrected chi connectivity index (χ1v) is 6.64. The van der Waals surface area contributed by atoms with Crippen molar-refractivity contribution in [1.82, 2.24) is 4.90 Å². The molecule has 1 fully saturated rings. The molecule has 7 heteroatoms. The van der Waals surface area contributed by atoms with Crippen molar-refractivity contribution in [2.75, 3.05) is 13.1 Å². The molecule has 0 aromatic heterocycles. The molecule has 0 unspecified atom stereocenters. The summed E-state index contributed by atoms with van der Waals surface area (Å²) >= 11 is 0. The number of rotatable bonds is 2. The van der Waals surface area contributed by atoms with Gasteiger partial charge in [0.2, 0.25) is 5.82 Å². The Hall–Kier alpha value is -2.05. The molecule has 114 valence electrons. The number of hydrogen-bond acceptors (Lipinski definition) is 3. The Kier molecular flexibility index (Phi) is 3.93. The lowest BCUT2D eigenvalue weighted by molar-refractivity contribution is -0.387. The van der Waals surface area contributed by atoms with Crippen LogP contribution in [-0.4, -0.2) is 28.8 Å². The van der Waals surface area contributed by atoms with Crippen LogP contribution in [0.3, 0.4) is 0 Å². The van der Waals surface area contributed by atoms with Gasteiger partial charge in [-0.05, 0) is 24.3 Å². The molecule has 1 amide bonds. The van der Waals surface area contributed by atoms with E-state index in [1.807, 2.05) is 13.8 Å². The number of halogens is 2. The van der Waals surface area contributed by atoms with Crippen molar-refractivity contribution >= 4 is 11.6 Å². The van der Waals surface area contributed by atoms with Crippen LogP contribution in [0.5, 0.6) is 0 Å². The number of likely N-dealkylation sites (tertiary alicyclic amines) is 1. The van der Waals surface area contributed by atoms with E-state index in [1.54, 1.807) is 0 Å². The molecule has 0 N–H and O–H groups in total. The highest BCUT2D eigenvalue weighted by Gasteiger charge is 2.32. The Morgan fingerprint density at radius 2 is 2.05 bits per heavy atom. The second-order valence-electron chi connectivity index (χ2n) is 6.04. The van der Waals surface area contributed by atoms with Crippen molar-refractivity contribution in [3.8, 4) is 0 Å². The van der Waals surface area contributed by atoms with Crippen molar-refractivity contribution in [1.29, 1.82) is 0 Å². The van der Waals surface area contributed by atoms with Crippen LogP contribution in [0.1, 0.15) is 37.0 Å². The lowest BCUT2D eigenvalue weighted by Crippen LogP contribution is -2.43. The zero-order chi connectivity index (χ0) is 15.8. The molecule has 1 saturated heterocycles. The highest BCUT2D eigenvalue weighted by atomic mass is 19.1. The Labute approximate surface area is 120 Å². The monoisotopic (exact) mass is 298 g/mol. The summed E-state index contributed by atoms with van der Waals surface area (Å²) in [5.74, 6) is -2.99. The second-order valence-corrected chi connectivity index (χ2v) is 6.04. The molecular formula is C14H16F2N2O3. The average molecular weight is 298 g/mol. The number of hydrogen-bond donors (Lipinski definition) is 0. The van der Waals surface area contributed by atoms with Crippen LogP contribution >= 0.6 is 0 Å². The van der Waals surface area contributed by atoms with Crippen molar-refractivity contribution in [3.63, 3.8) is 0 Å². The molecular weight excluding hydrogens is 282 g/mol. The van der Waals surface area contributed by atoms with Gasteiger partial charge >= 0.3 is 5.69 Å². The van der Waals surface area contributed by atoms with Crippen LogP contribution < -0.4 is 0 Å². The van der Waals surface area contributed by atoms with Gasteiger partial charge in [-0.2, -0.15) is 4.39 Å². The van der Waals surface area contributed by atoms with Crippen LogP contribution in [0.15, 0.2) is 12.1 Å². The molecule has 0 aliphatic carbocycles. The number of nitro groups is 1. The summed E-state index contributed by atoms with van der Waals surface area (Å²) in [6, 6.07) is 1.19. The van der Waals surface area contributed by atoms with Gasteiger partial charge < -0.3 is 4.90 Å². The number of nitro benzene ring substituents is 1. The maximum absolute atomic E-state index is 14.0. The lowest BCUT2D eigenvalue weighted by atomic mass is 9.84. The summed E-state index contributed by atoms with van der Waals surface area (Å²) in [4.78, 5) is 23.4. The van der Waals surface area contributed by atoms with E-state index in [2.05, 4.69) is 0 Å². The molecule has 0 bridgehead atoms. The van der Waals surface area contributed by atoms with Gasteiger partial charge in [0.25, 0.3) is 5.91 Å². The van der Waals surface area contributed by atoms with Gasteiger partial charge in [-0.25, -0.2) is 4.39 Å². The average Bonchev–Trinajstić information content (AvgIpc) is 2.38. The standard InChI is InChI=1S/C14H16F2N2O3/c1-14(2)4-3-5-17(8-14)13(19)10-6-9(15)7-11(12(10)16)18(20)21/h6-7H,3-5,8H2,1-2H3. The normalized spacial score (nSPS) is 17.6. The number of amides is 1. The largest absolute Gasteiger partial charge is 0.338 e. The number of carbonyl (C=O) groups is 1. The fraction of sp³-hybridized carbons (Fsp3) is 0.500. The minimum Gasteiger partial charge on any atom is -0.338 e.